The van der Waals surface area contributed by atoms with Crippen molar-refractivity contribution in [2.24, 2.45) is 0 Å². The Kier molecular flexibility index (Phi) is 6.63. The fourth-order valence-corrected chi connectivity index (χ4v) is 3.34. The lowest BCUT2D eigenvalue weighted by molar-refractivity contribution is 0.102. The van der Waals surface area contributed by atoms with E-state index in [1.165, 1.54) is 21.3 Å². The Morgan fingerprint density at radius 1 is 0.824 bits per heavy atom. The predicted octanol–water partition coefficient (Wildman–Crippen LogP) is 4.69. The average molecular weight is 461 g/mol. The molecule has 0 aliphatic carbocycles. The van der Waals surface area contributed by atoms with Crippen molar-refractivity contribution in [3.8, 4) is 45.8 Å². The molecule has 4 rings (SSSR count). The number of anilines is 1. The molecule has 0 spiro atoms. The minimum absolute atomic E-state index is 0.328. The summed E-state index contributed by atoms with van der Waals surface area (Å²) in [5, 5.41) is 6.92. The second-order valence-corrected chi connectivity index (χ2v) is 7.10. The molecule has 34 heavy (non-hydrogen) atoms. The summed E-state index contributed by atoms with van der Waals surface area (Å²) in [5.41, 5.74) is 2.36. The first-order valence-corrected chi connectivity index (χ1v) is 10.3. The summed E-state index contributed by atoms with van der Waals surface area (Å²) in [7, 11) is 6.10. The largest absolute Gasteiger partial charge is 0.497 e. The van der Waals surface area contributed by atoms with Gasteiger partial charge in [0.15, 0.2) is 11.5 Å². The van der Waals surface area contributed by atoms with Crippen molar-refractivity contribution in [2.75, 3.05) is 33.8 Å². The number of nitrogens with zero attached hydrogens (tertiary/aromatic N) is 2. The van der Waals surface area contributed by atoms with Crippen molar-refractivity contribution >= 4 is 11.6 Å². The third-order valence-electron chi connectivity index (χ3n) is 5.07. The van der Waals surface area contributed by atoms with Gasteiger partial charge in [-0.25, -0.2) is 0 Å². The molecular formula is C25H23N3O6. The molecule has 0 radical (unpaired) electrons. The van der Waals surface area contributed by atoms with E-state index in [-0.39, 0.29) is 5.91 Å². The van der Waals surface area contributed by atoms with Crippen molar-refractivity contribution in [1.29, 1.82) is 0 Å². The number of hydrogen-bond acceptors (Lipinski definition) is 8. The van der Waals surface area contributed by atoms with Crippen LogP contribution in [0.1, 0.15) is 10.4 Å². The van der Waals surface area contributed by atoms with Crippen molar-refractivity contribution in [3.63, 3.8) is 0 Å². The number of methoxy groups -OCH3 is 4. The molecular weight excluding hydrogens is 438 g/mol. The fraction of sp³-hybridized carbons (Fsp3) is 0.160. The van der Waals surface area contributed by atoms with Gasteiger partial charge in [-0.3, -0.25) is 4.79 Å². The molecule has 0 fully saturated rings. The van der Waals surface area contributed by atoms with Crippen LogP contribution in [0, 0.1) is 0 Å². The van der Waals surface area contributed by atoms with Crippen LogP contribution in [0.2, 0.25) is 0 Å². The molecule has 0 atom stereocenters. The van der Waals surface area contributed by atoms with E-state index >= 15 is 0 Å². The first-order chi connectivity index (χ1) is 16.6. The minimum Gasteiger partial charge on any atom is -0.497 e. The molecule has 1 amide bonds. The number of nitrogens with one attached hydrogen (secondary N) is 1. The second kappa shape index (κ2) is 9.95. The second-order valence-electron chi connectivity index (χ2n) is 7.10. The Hall–Kier alpha value is -4.53. The number of hydrogen-bond donors (Lipinski definition) is 1. The van der Waals surface area contributed by atoms with Crippen molar-refractivity contribution in [2.45, 2.75) is 0 Å². The topological polar surface area (TPSA) is 105 Å². The molecule has 9 heteroatoms. The summed E-state index contributed by atoms with van der Waals surface area (Å²) in [6, 6.07) is 17.6. The Morgan fingerprint density at radius 2 is 1.53 bits per heavy atom. The van der Waals surface area contributed by atoms with Gasteiger partial charge in [0.25, 0.3) is 11.8 Å². The van der Waals surface area contributed by atoms with E-state index in [0.29, 0.717) is 45.8 Å². The molecule has 0 unspecified atom stereocenters. The van der Waals surface area contributed by atoms with Crippen LogP contribution >= 0.6 is 0 Å². The predicted molar refractivity (Wildman–Crippen MR) is 126 cm³/mol. The third kappa shape index (κ3) is 4.63. The van der Waals surface area contributed by atoms with Gasteiger partial charge in [-0.2, -0.15) is 4.98 Å². The molecule has 4 aromatic rings. The van der Waals surface area contributed by atoms with Gasteiger partial charge in [-0.05, 0) is 54.6 Å². The number of rotatable bonds is 8. The first-order valence-electron chi connectivity index (χ1n) is 10.3. The molecule has 0 aliphatic rings. The number of amides is 1. The zero-order chi connectivity index (χ0) is 24.1. The van der Waals surface area contributed by atoms with Crippen molar-refractivity contribution < 1.29 is 28.3 Å². The average Bonchev–Trinajstić information content (AvgIpc) is 3.38. The SMILES string of the molecule is COc1ccc(-c2noc(-c3cccc(NC(=O)c4cc(OC)c(OC)c(OC)c4)c3)n2)cc1. The Morgan fingerprint density at radius 3 is 2.15 bits per heavy atom. The molecule has 9 nitrogen and oxygen atoms in total. The van der Waals surface area contributed by atoms with E-state index in [0.717, 1.165) is 11.3 Å². The smallest absolute Gasteiger partial charge is 0.258 e. The van der Waals surface area contributed by atoms with Crippen LogP contribution in [0.15, 0.2) is 65.2 Å². The van der Waals surface area contributed by atoms with Crippen molar-refractivity contribution in [1.82, 2.24) is 10.1 Å². The standard InChI is InChI=1S/C25H23N3O6/c1-30-19-10-8-15(9-11-19)23-27-25(34-28-23)16-6-5-7-18(12-16)26-24(29)17-13-20(31-2)22(33-4)21(14-17)32-3/h5-14H,1-4H3,(H,26,29). The lowest BCUT2D eigenvalue weighted by Gasteiger charge is -2.14. The Balaban J connectivity index is 1.55. The number of benzene rings is 3. The maximum atomic E-state index is 12.9. The Bertz CT molecular complexity index is 1280. The molecule has 0 bridgehead atoms. The van der Waals surface area contributed by atoms with Gasteiger partial charge in [0, 0.05) is 22.4 Å². The third-order valence-corrected chi connectivity index (χ3v) is 5.07. The van der Waals surface area contributed by atoms with E-state index in [2.05, 4.69) is 15.5 Å². The van der Waals surface area contributed by atoms with Crippen LogP contribution in [0.25, 0.3) is 22.8 Å². The van der Waals surface area contributed by atoms with Crippen LogP contribution in [-0.4, -0.2) is 44.5 Å². The highest BCUT2D eigenvalue weighted by molar-refractivity contribution is 6.05. The normalized spacial score (nSPS) is 10.5. The molecule has 3 aromatic carbocycles. The van der Waals surface area contributed by atoms with Crippen LogP contribution < -0.4 is 24.3 Å². The summed E-state index contributed by atoms with van der Waals surface area (Å²) in [6.45, 7) is 0. The number of carbonyl (C=O) groups excluding carboxylic acids is 1. The molecule has 174 valence electrons. The quantitative estimate of drug-likeness (QED) is 0.403. The summed E-state index contributed by atoms with van der Waals surface area (Å²) < 4.78 is 26.6. The van der Waals surface area contributed by atoms with Crippen LogP contribution in [0.4, 0.5) is 5.69 Å². The summed E-state index contributed by atoms with van der Waals surface area (Å²) in [6.07, 6.45) is 0. The number of aromatic nitrogens is 2. The molecule has 1 aromatic heterocycles. The highest BCUT2D eigenvalue weighted by atomic mass is 16.5. The summed E-state index contributed by atoms with van der Waals surface area (Å²) in [4.78, 5) is 17.4. The van der Waals surface area contributed by atoms with Gasteiger partial charge in [0.05, 0.1) is 28.4 Å². The van der Waals surface area contributed by atoms with Crippen molar-refractivity contribution in [3.05, 3.63) is 66.2 Å². The minimum atomic E-state index is -0.346. The van der Waals surface area contributed by atoms with Crippen LogP contribution in [0.5, 0.6) is 23.0 Å². The van der Waals surface area contributed by atoms with Gasteiger partial charge >= 0.3 is 0 Å². The molecule has 1 N–H and O–H groups in total. The van der Waals surface area contributed by atoms with Crippen LogP contribution in [0.3, 0.4) is 0 Å². The molecule has 0 saturated carbocycles. The fourth-order valence-electron chi connectivity index (χ4n) is 3.34. The van der Waals surface area contributed by atoms with Gasteiger partial charge in [0.1, 0.15) is 5.75 Å². The number of ether oxygens (including phenoxy) is 4. The zero-order valence-corrected chi connectivity index (χ0v) is 19.1. The lowest BCUT2D eigenvalue weighted by Crippen LogP contribution is -2.12. The number of carbonyl (C=O) groups is 1. The van der Waals surface area contributed by atoms with Gasteiger partial charge in [-0.1, -0.05) is 11.2 Å². The van der Waals surface area contributed by atoms with Crippen LogP contribution in [-0.2, 0) is 0 Å². The van der Waals surface area contributed by atoms with E-state index in [9.17, 15) is 4.79 Å². The Labute approximate surface area is 196 Å². The van der Waals surface area contributed by atoms with Gasteiger partial charge < -0.3 is 28.8 Å². The maximum absolute atomic E-state index is 12.9. The van der Waals surface area contributed by atoms with E-state index in [4.69, 9.17) is 23.5 Å². The summed E-state index contributed by atoms with van der Waals surface area (Å²) >= 11 is 0. The molecule has 0 aliphatic heterocycles. The highest BCUT2D eigenvalue weighted by Gasteiger charge is 2.18. The maximum Gasteiger partial charge on any atom is 0.258 e. The zero-order valence-electron chi connectivity index (χ0n) is 19.1. The summed E-state index contributed by atoms with van der Waals surface area (Å²) in [5.74, 6) is 2.35. The van der Waals surface area contributed by atoms with E-state index < -0.39 is 0 Å². The van der Waals surface area contributed by atoms with Gasteiger partial charge in [0.2, 0.25) is 11.6 Å². The van der Waals surface area contributed by atoms with E-state index in [1.807, 2.05) is 30.3 Å². The van der Waals surface area contributed by atoms with Gasteiger partial charge in [-0.15, -0.1) is 0 Å². The highest BCUT2D eigenvalue weighted by Crippen LogP contribution is 2.38. The molecule has 0 saturated heterocycles. The lowest BCUT2D eigenvalue weighted by atomic mass is 10.1. The first kappa shape index (κ1) is 22.7. The van der Waals surface area contributed by atoms with E-state index in [1.54, 1.807) is 37.4 Å². The molecule has 1 heterocycles. The monoisotopic (exact) mass is 461 g/mol.